The second-order valence-electron chi connectivity index (χ2n) is 4.10. The van der Waals surface area contributed by atoms with Gasteiger partial charge in [-0.05, 0) is 31.0 Å². The van der Waals surface area contributed by atoms with Crippen LogP contribution in [0.15, 0.2) is 24.3 Å². The van der Waals surface area contributed by atoms with Gasteiger partial charge in [0.15, 0.2) is 0 Å². The van der Waals surface area contributed by atoms with Gasteiger partial charge in [0.25, 0.3) is 0 Å². The van der Waals surface area contributed by atoms with E-state index in [1.807, 2.05) is 31.2 Å². The number of hydrogen-bond donors (Lipinski definition) is 2. The Hall–Kier alpha value is -1.55. The van der Waals surface area contributed by atoms with Gasteiger partial charge in [0, 0.05) is 5.92 Å². The molecule has 1 saturated carbocycles. The van der Waals surface area contributed by atoms with Crippen LogP contribution in [0.4, 0.5) is 0 Å². The third-order valence-corrected chi connectivity index (χ3v) is 3.00. The summed E-state index contributed by atoms with van der Waals surface area (Å²) < 4.78 is 5.31. The van der Waals surface area contributed by atoms with E-state index in [1.165, 1.54) is 0 Å². The first kappa shape index (κ1) is 11.0. The van der Waals surface area contributed by atoms with Gasteiger partial charge in [0.1, 0.15) is 11.3 Å². The number of carbonyl (C=O) groups is 1. The largest absolute Gasteiger partial charge is 0.494 e. The van der Waals surface area contributed by atoms with Crippen LogP contribution in [0.25, 0.3) is 0 Å². The summed E-state index contributed by atoms with van der Waals surface area (Å²) in [6.45, 7) is 2.54. The molecule has 1 aliphatic rings. The van der Waals surface area contributed by atoms with Crippen LogP contribution in [0.1, 0.15) is 24.8 Å². The van der Waals surface area contributed by atoms with E-state index in [4.69, 9.17) is 15.6 Å². The van der Waals surface area contributed by atoms with Gasteiger partial charge in [-0.25, -0.2) is 0 Å². The minimum Gasteiger partial charge on any atom is -0.494 e. The molecule has 0 aliphatic heterocycles. The summed E-state index contributed by atoms with van der Waals surface area (Å²) in [7, 11) is 0. The van der Waals surface area contributed by atoms with Gasteiger partial charge < -0.3 is 15.6 Å². The maximum atomic E-state index is 10.9. The first-order valence-electron chi connectivity index (χ1n) is 5.33. The summed E-state index contributed by atoms with van der Waals surface area (Å²) in [5.74, 6) is -0.197. The lowest BCUT2D eigenvalue weighted by molar-refractivity contribution is -0.139. The molecule has 3 N–H and O–H groups in total. The Kier molecular flexibility index (Phi) is 2.59. The third kappa shape index (κ3) is 1.76. The zero-order valence-electron chi connectivity index (χ0n) is 9.14. The van der Waals surface area contributed by atoms with Gasteiger partial charge in [-0.1, -0.05) is 12.1 Å². The Balaban J connectivity index is 2.10. The van der Waals surface area contributed by atoms with E-state index in [9.17, 15) is 4.79 Å². The molecule has 1 aromatic carbocycles. The first-order chi connectivity index (χ1) is 7.58. The third-order valence-electron chi connectivity index (χ3n) is 3.00. The summed E-state index contributed by atoms with van der Waals surface area (Å²) in [5, 5.41) is 8.93. The summed E-state index contributed by atoms with van der Waals surface area (Å²) in [4.78, 5) is 10.9. The number of rotatable bonds is 4. The number of nitrogens with two attached hydrogens (primary N) is 1. The number of ether oxygens (including phenoxy) is 1. The quantitative estimate of drug-likeness (QED) is 0.805. The van der Waals surface area contributed by atoms with Crippen LogP contribution < -0.4 is 10.5 Å². The maximum absolute atomic E-state index is 10.9. The number of carboxylic acid groups (broad SMARTS) is 1. The number of benzene rings is 1. The molecule has 1 fully saturated rings. The Morgan fingerprint density at radius 1 is 1.56 bits per heavy atom. The van der Waals surface area contributed by atoms with Crippen molar-refractivity contribution in [3.63, 3.8) is 0 Å². The van der Waals surface area contributed by atoms with Crippen molar-refractivity contribution in [3.05, 3.63) is 29.8 Å². The van der Waals surface area contributed by atoms with E-state index in [0.29, 0.717) is 13.0 Å². The van der Waals surface area contributed by atoms with E-state index < -0.39 is 11.5 Å². The lowest BCUT2D eigenvalue weighted by Gasteiger charge is -2.07. The molecule has 0 spiro atoms. The number of carboxylic acids is 1. The Morgan fingerprint density at radius 2 is 2.19 bits per heavy atom. The Morgan fingerprint density at radius 3 is 2.62 bits per heavy atom. The van der Waals surface area contributed by atoms with Gasteiger partial charge in [-0.15, -0.1) is 0 Å². The number of hydrogen-bond acceptors (Lipinski definition) is 3. The van der Waals surface area contributed by atoms with Crippen molar-refractivity contribution in [1.82, 2.24) is 0 Å². The van der Waals surface area contributed by atoms with Gasteiger partial charge in [-0.3, -0.25) is 4.79 Å². The Labute approximate surface area is 94.0 Å². The highest BCUT2D eigenvalue weighted by Crippen LogP contribution is 2.49. The maximum Gasteiger partial charge on any atom is 0.324 e. The molecular weight excluding hydrogens is 206 g/mol. The van der Waals surface area contributed by atoms with Crippen molar-refractivity contribution >= 4 is 5.97 Å². The molecule has 2 atom stereocenters. The van der Waals surface area contributed by atoms with E-state index >= 15 is 0 Å². The lowest BCUT2D eigenvalue weighted by atomic mass is 10.1. The van der Waals surface area contributed by atoms with Gasteiger partial charge >= 0.3 is 5.97 Å². The molecule has 1 aliphatic carbocycles. The van der Waals surface area contributed by atoms with Crippen molar-refractivity contribution in [2.75, 3.05) is 6.61 Å². The standard InChI is InChI=1S/C12H15NO3/c1-2-16-9-5-3-8(4-6-9)10-7-12(10,13)11(14)15/h3-6,10H,2,7,13H2,1H3,(H,14,15). The van der Waals surface area contributed by atoms with Gasteiger partial charge in [-0.2, -0.15) is 0 Å². The molecule has 0 heterocycles. The zero-order chi connectivity index (χ0) is 11.8. The molecule has 0 radical (unpaired) electrons. The minimum atomic E-state index is -1.06. The predicted octanol–water partition coefficient (Wildman–Crippen LogP) is 1.35. The van der Waals surface area contributed by atoms with Crippen LogP contribution in [0, 0.1) is 0 Å². The summed E-state index contributed by atoms with van der Waals surface area (Å²) >= 11 is 0. The Bertz CT molecular complexity index is 401. The van der Waals surface area contributed by atoms with E-state index in [0.717, 1.165) is 11.3 Å². The van der Waals surface area contributed by atoms with Gasteiger partial charge in [0.05, 0.1) is 6.61 Å². The molecule has 86 valence electrons. The van der Waals surface area contributed by atoms with Crippen molar-refractivity contribution < 1.29 is 14.6 Å². The fourth-order valence-electron chi connectivity index (χ4n) is 1.89. The van der Waals surface area contributed by atoms with Crippen molar-refractivity contribution in [2.45, 2.75) is 24.8 Å². The van der Waals surface area contributed by atoms with Crippen LogP contribution in [0.5, 0.6) is 5.75 Å². The topological polar surface area (TPSA) is 72.5 Å². The van der Waals surface area contributed by atoms with Crippen molar-refractivity contribution in [2.24, 2.45) is 5.73 Å². The first-order valence-corrected chi connectivity index (χ1v) is 5.33. The SMILES string of the molecule is CCOc1ccc(C2CC2(N)C(=O)O)cc1. The molecule has 4 heteroatoms. The lowest BCUT2D eigenvalue weighted by Crippen LogP contribution is -2.34. The normalized spacial score (nSPS) is 27.5. The highest BCUT2D eigenvalue weighted by molar-refractivity contribution is 5.84. The van der Waals surface area contributed by atoms with Gasteiger partial charge in [0.2, 0.25) is 0 Å². The predicted molar refractivity (Wildman–Crippen MR) is 59.5 cm³/mol. The monoisotopic (exact) mass is 221 g/mol. The molecule has 16 heavy (non-hydrogen) atoms. The van der Waals surface area contributed by atoms with Crippen LogP contribution >= 0.6 is 0 Å². The summed E-state index contributed by atoms with van der Waals surface area (Å²) in [6, 6.07) is 7.46. The fraction of sp³-hybridized carbons (Fsp3) is 0.417. The average Bonchev–Trinajstić information content (AvgIpc) is 2.94. The fourth-order valence-corrected chi connectivity index (χ4v) is 1.89. The van der Waals surface area contributed by atoms with Crippen molar-refractivity contribution in [3.8, 4) is 5.75 Å². The van der Waals surface area contributed by atoms with Crippen LogP contribution in [-0.4, -0.2) is 23.2 Å². The van der Waals surface area contributed by atoms with Crippen LogP contribution in [-0.2, 0) is 4.79 Å². The molecule has 0 saturated heterocycles. The second kappa shape index (κ2) is 3.79. The summed E-state index contributed by atoms with van der Waals surface area (Å²) in [5.41, 5.74) is 5.64. The van der Waals surface area contributed by atoms with Crippen LogP contribution in [0.3, 0.4) is 0 Å². The van der Waals surface area contributed by atoms with E-state index in [2.05, 4.69) is 0 Å². The smallest absolute Gasteiger partial charge is 0.324 e. The van der Waals surface area contributed by atoms with E-state index in [1.54, 1.807) is 0 Å². The second-order valence-corrected chi connectivity index (χ2v) is 4.10. The molecule has 0 bridgehead atoms. The van der Waals surface area contributed by atoms with E-state index in [-0.39, 0.29) is 5.92 Å². The van der Waals surface area contributed by atoms with Crippen molar-refractivity contribution in [1.29, 1.82) is 0 Å². The molecule has 2 rings (SSSR count). The highest BCUT2D eigenvalue weighted by Gasteiger charge is 2.58. The summed E-state index contributed by atoms with van der Waals surface area (Å²) in [6.07, 6.45) is 0.510. The molecule has 1 aromatic rings. The molecule has 0 amide bonds. The van der Waals surface area contributed by atoms with Crippen LogP contribution in [0.2, 0.25) is 0 Å². The zero-order valence-corrected chi connectivity index (χ0v) is 9.14. The number of aliphatic carboxylic acids is 1. The average molecular weight is 221 g/mol. The minimum absolute atomic E-state index is 0.0688. The molecular formula is C12H15NO3. The molecule has 4 nitrogen and oxygen atoms in total. The molecule has 0 aromatic heterocycles. The molecule has 2 unspecified atom stereocenters. The highest BCUT2D eigenvalue weighted by atomic mass is 16.5.